The normalized spacial score (nSPS) is 20.4. The van der Waals surface area contributed by atoms with E-state index in [1.54, 1.807) is 23.5 Å². The quantitative estimate of drug-likeness (QED) is 0.778. The van der Waals surface area contributed by atoms with Crippen LogP contribution >= 0.6 is 0 Å². The summed E-state index contributed by atoms with van der Waals surface area (Å²) in [4.78, 5) is 0.396. The van der Waals surface area contributed by atoms with Gasteiger partial charge in [-0.1, -0.05) is 12.1 Å². The van der Waals surface area contributed by atoms with E-state index in [1.165, 1.54) is 12.8 Å². The molecule has 2 aliphatic rings. The van der Waals surface area contributed by atoms with Crippen LogP contribution in [-0.4, -0.2) is 52.1 Å². The highest BCUT2D eigenvalue weighted by atomic mass is 32.2. The van der Waals surface area contributed by atoms with Crippen LogP contribution in [0.4, 0.5) is 0 Å². The number of hydrogen-bond donors (Lipinski definition) is 1. The molecule has 6 heteroatoms. The van der Waals surface area contributed by atoms with Gasteiger partial charge in [-0.3, -0.25) is 0 Å². The Morgan fingerprint density at radius 2 is 1.79 bits per heavy atom. The maximum absolute atomic E-state index is 12.8. The molecule has 0 unspecified atom stereocenters. The van der Waals surface area contributed by atoms with E-state index >= 15 is 0 Å². The van der Waals surface area contributed by atoms with Crippen molar-refractivity contribution < 1.29 is 13.2 Å². The molecule has 0 amide bonds. The van der Waals surface area contributed by atoms with Gasteiger partial charge in [0.1, 0.15) is 0 Å². The standard InChI is InChI=1S/C18H28N2O3S/c1-23-13-10-15-4-6-18(7-5-15)24(21,22)20-11-8-17(9-12-20)19-14-16-2-3-16/h4-7,16-17,19H,2-3,8-14H2,1H3. The fraction of sp³-hybridized carbons (Fsp3) is 0.667. The molecule has 1 aliphatic carbocycles. The van der Waals surface area contributed by atoms with Crippen LogP contribution in [0, 0.1) is 5.92 Å². The minimum atomic E-state index is -3.37. The van der Waals surface area contributed by atoms with Crippen LogP contribution in [0.3, 0.4) is 0 Å². The molecule has 0 atom stereocenters. The van der Waals surface area contributed by atoms with Crippen molar-refractivity contribution in [2.45, 2.75) is 43.0 Å². The van der Waals surface area contributed by atoms with E-state index in [9.17, 15) is 8.42 Å². The monoisotopic (exact) mass is 352 g/mol. The summed E-state index contributed by atoms with van der Waals surface area (Å²) >= 11 is 0. The Morgan fingerprint density at radius 1 is 1.12 bits per heavy atom. The van der Waals surface area contributed by atoms with Crippen molar-refractivity contribution >= 4 is 10.0 Å². The number of nitrogens with one attached hydrogen (secondary N) is 1. The lowest BCUT2D eigenvalue weighted by atomic mass is 10.1. The number of hydrogen-bond acceptors (Lipinski definition) is 4. The molecule has 1 aliphatic heterocycles. The first kappa shape index (κ1) is 17.9. The predicted octanol–water partition coefficient (Wildman–Crippen LogP) is 2.03. The van der Waals surface area contributed by atoms with E-state index in [4.69, 9.17) is 4.74 Å². The topological polar surface area (TPSA) is 58.6 Å². The van der Waals surface area contributed by atoms with Crippen LogP contribution in [0.25, 0.3) is 0 Å². The first-order valence-corrected chi connectivity index (χ1v) is 10.3. The van der Waals surface area contributed by atoms with E-state index in [0.717, 1.165) is 37.3 Å². The van der Waals surface area contributed by atoms with Gasteiger partial charge in [0.25, 0.3) is 0 Å². The second kappa shape index (κ2) is 7.95. The van der Waals surface area contributed by atoms with E-state index in [1.807, 2.05) is 12.1 Å². The molecule has 0 spiro atoms. The van der Waals surface area contributed by atoms with E-state index in [0.29, 0.717) is 30.6 Å². The molecule has 1 heterocycles. The van der Waals surface area contributed by atoms with Crippen molar-refractivity contribution in [3.63, 3.8) is 0 Å². The molecule has 1 saturated heterocycles. The number of methoxy groups -OCH3 is 1. The number of benzene rings is 1. The van der Waals surface area contributed by atoms with Gasteiger partial charge >= 0.3 is 0 Å². The molecule has 0 bridgehead atoms. The zero-order chi connectivity index (χ0) is 17.0. The Hall–Kier alpha value is -0.950. The van der Waals surface area contributed by atoms with Gasteiger partial charge in [0, 0.05) is 26.2 Å². The van der Waals surface area contributed by atoms with Gasteiger partial charge in [-0.2, -0.15) is 4.31 Å². The largest absolute Gasteiger partial charge is 0.384 e. The van der Waals surface area contributed by atoms with Gasteiger partial charge in [0.15, 0.2) is 0 Å². The number of sulfonamides is 1. The number of nitrogens with zero attached hydrogens (tertiary/aromatic N) is 1. The van der Waals surface area contributed by atoms with Crippen molar-refractivity contribution in [3.8, 4) is 0 Å². The van der Waals surface area contributed by atoms with Crippen LogP contribution in [0.5, 0.6) is 0 Å². The summed E-state index contributed by atoms with van der Waals surface area (Å²) < 4.78 is 32.2. The SMILES string of the molecule is COCCc1ccc(S(=O)(=O)N2CCC(NCC3CC3)CC2)cc1. The summed E-state index contributed by atoms with van der Waals surface area (Å²) in [5, 5.41) is 3.59. The summed E-state index contributed by atoms with van der Waals surface area (Å²) in [6.45, 7) is 2.96. The molecule has 1 N–H and O–H groups in total. The van der Waals surface area contributed by atoms with Gasteiger partial charge in [0.2, 0.25) is 10.0 Å². The van der Waals surface area contributed by atoms with E-state index in [2.05, 4.69) is 5.32 Å². The molecular weight excluding hydrogens is 324 g/mol. The maximum atomic E-state index is 12.8. The third-order valence-corrected chi connectivity index (χ3v) is 6.91. The molecule has 0 radical (unpaired) electrons. The van der Waals surface area contributed by atoms with Gasteiger partial charge in [0.05, 0.1) is 11.5 Å². The molecule has 1 saturated carbocycles. The average molecular weight is 353 g/mol. The summed E-state index contributed by atoms with van der Waals surface area (Å²) in [5.41, 5.74) is 1.10. The first-order valence-electron chi connectivity index (χ1n) is 8.91. The Balaban J connectivity index is 1.55. The smallest absolute Gasteiger partial charge is 0.243 e. The fourth-order valence-electron chi connectivity index (χ4n) is 3.15. The molecule has 1 aromatic rings. The van der Waals surface area contributed by atoms with Crippen LogP contribution < -0.4 is 5.32 Å². The zero-order valence-electron chi connectivity index (χ0n) is 14.4. The highest BCUT2D eigenvalue weighted by Crippen LogP contribution is 2.28. The van der Waals surface area contributed by atoms with Gasteiger partial charge in [-0.05, 0) is 62.3 Å². The minimum Gasteiger partial charge on any atom is -0.384 e. The molecule has 24 heavy (non-hydrogen) atoms. The van der Waals surface area contributed by atoms with Crippen molar-refractivity contribution in [1.82, 2.24) is 9.62 Å². The average Bonchev–Trinajstić information content (AvgIpc) is 3.43. The summed E-state index contributed by atoms with van der Waals surface area (Å²) in [5.74, 6) is 0.864. The van der Waals surface area contributed by atoms with Crippen LogP contribution in [0.15, 0.2) is 29.2 Å². The van der Waals surface area contributed by atoms with Crippen molar-refractivity contribution in [2.24, 2.45) is 5.92 Å². The Bertz CT molecular complexity index is 618. The minimum absolute atomic E-state index is 0.396. The molecule has 1 aromatic carbocycles. The van der Waals surface area contributed by atoms with Crippen LogP contribution in [0.1, 0.15) is 31.2 Å². The molecule has 134 valence electrons. The number of rotatable bonds is 8. The molecule has 5 nitrogen and oxygen atoms in total. The third kappa shape index (κ3) is 4.57. The third-order valence-electron chi connectivity index (χ3n) is 5.00. The predicted molar refractivity (Wildman–Crippen MR) is 94.5 cm³/mol. The van der Waals surface area contributed by atoms with Crippen molar-refractivity contribution in [3.05, 3.63) is 29.8 Å². The lowest BCUT2D eigenvalue weighted by Gasteiger charge is -2.31. The Morgan fingerprint density at radius 3 is 2.38 bits per heavy atom. The van der Waals surface area contributed by atoms with E-state index in [-0.39, 0.29) is 0 Å². The molecule has 0 aromatic heterocycles. The molecule has 3 rings (SSSR count). The lowest BCUT2D eigenvalue weighted by molar-refractivity contribution is 0.202. The Labute approximate surface area is 145 Å². The van der Waals surface area contributed by atoms with Gasteiger partial charge in [-0.15, -0.1) is 0 Å². The second-order valence-corrected chi connectivity index (χ2v) is 8.85. The summed E-state index contributed by atoms with van der Waals surface area (Å²) in [6.07, 6.45) is 5.30. The maximum Gasteiger partial charge on any atom is 0.243 e. The lowest BCUT2D eigenvalue weighted by Crippen LogP contribution is -2.45. The van der Waals surface area contributed by atoms with Crippen molar-refractivity contribution in [1.29, 1.82) is 0 Å². The van der Waals surface area contributed by atoms with Crippen molar-refractivity contribution in [2.75, 3.05) is 33.4 Å². The summed E-state index contributed by atoms with van der Waals surface area (Å²) in [7, 11) is -1.70. The second-order valence-electron chi connectivity index (χ2n) is 6.92. The summed E-state index contributed by atoms with van der Waals surface area (Å²) in [6, 6.07) is 7.68. The molecular formula is C18H28N2O3S. The molecule has 2 fully saturated rings. The fourth-order valence-corrected chi connectivity index (χ4v) is 4.62. The van der Waals surface area contributed by atoms with Gasteiger partial charge in [-0.25, -0.2) is 8.42 Å². The number of ether oxygens (including phenoxy) is 1. The van der Waals surface area contributed by atoms with Crippen LogP contribution in [-0.2, 0) is 21.2 Å². The number of piperidine rings is 1. The first-order chi connectivity index (χ1) is 11.6. The van der Waals surface area contributed by atoms with Crippen LogP contribution in [0.2, 0.25) is 0 Å². The zero-order valence-corrected chi connectivity index (χ0v) is 15.2. The van der Waals surface area contributed by atoms with Gasteiger partial charge < -0.3 is 10.1 Å². The highest BCUT2D eigenvalue weighted by molar-refractivity contribution is 7.89. The Kier molecular flexibility index (Phi) is 5.92. The highest BCUT2D eigenvalue weighted by Gasteiger charge is 2.30. The van der Waals surface area contributed by atoms with E-state index < -0.39 is 10.0 Å².